The normalized spacial score (nSPS) is 17.5. The first-order chi connectivity index (χ1) is 6.44. The van der Waals surface area contributed by atoms with Crippen molar-refractivity contribution in [3.8, 4) is 0 Å². The molecular weight excluding hydrogens is 196 g/mol. The Hall–Kier alpha value is -0.0200. The van der Waals surface area contributed by atoms with Gasteiger partial charge in [-0.25, -0.2) is 0 Å². The molecule has 2 atom stereocenters. The lowest BCUT2D eigenvalue weighted by Crippen LogP contribution is -2.34. The molecule has 0 spiro atoms. The molecule has 0 aliphatic rings. The molecule has 0 heterocycles. The minimum absolute atomic E-state index is 0.424. The van der Waals surface area contributed by atoms with Gasteiger partial charge in [0.25, 0.3) is 0 Å². The zero-order valence-corrected chi connectivity index (χ0v) is 10.3. The van der Waals surface area contributed by atoms with Crippen molar-refractivity contribution in [2.24, 2.45) is 5.92 Å². The highest BCUT2D eigenvalue weighted by molar-refractivity contribution is 7.96. The average molecular weight is 218 g/mol. The van der Waals surface area contributed by atoms with Crippen molar-refractivity contribution < 1.29 is 9.90 Å². The first-order valence-electron chi connectivity index (χ1n) is 5.39. The molecule has 0 aliphatic carbocycles. The van der Waals surface area contributed by atoms with Crippen LogP contribution in [0.25, 0.3) is 0 Å². The summed E-state index contributed by atoms with van der Waals surface area (Å²) in [6.07, 6.45) is 4.95. The summed E-state index contributed by atoms with van der Waals surface area (Å²) in [5, 5.41) is 9.34. The van der Waals surface area contributed by atoms with Crippen molar-refractivity contribution in [1.82, 2.24) is 0 Å². The molecule has 0 bridgehead atoms. The predicted molar refractivity (Wildman–Crippen MR) is 62.5 cm³/mol. The van der Waals surface area contributed by atoms with Gasteiger partial charge < -0.3 is 5.11 Å². The van der Waals surface area contributed by atoms with Gasteiger partial charge in [0.1, 0.15) is 5.60 Å². The molecule has 14 heavy (non-hydrogen) atoms. The number of unbranched alkanes of at least 4 members (excludes halogenated alkanes) is 1. The van der Waals surface area contributed by atoms with E-state index in [0.29, 0.717) is 12.3 Å². The second-order valence-corrected chi connectivity index (χ2v) is 4.61. The first-order valence-corrected chi connectivity index (χ1v) is 5.84. The highest BCUT2D eigenvalue weighted by Gasteiger charge is 2.29. The van der Waals surface area contributed by atoms with Crippen LogP contribution in [0.15, 0.2) is 0 Å². The van der Waals surface area contributed by atoms with Gasteiger partial charge in [-0.1, -0.05) is 39.5 Å². The maximum atomic E-state index is 11.0. The Morgan fingerprint density at radius 1 is 1.50 bits per heavy atom. The van der Waals surface area contributed by atoms with Crippen molar-refractivity contribution >= 4 is 17.7 Å². The highest BCUT2D eigenvalue weighted by atomic mass is 32.1. The lowest BCUT2D eigenvalue weighted by Gasteiger charge is -2.24. The van der Waals surface area contributed by atoms with Crippen LogP contribution in [0.4, 0.5) is 0 Å². The summed E-state index contributed by atoms with van der Waals surface area (Å²) < 4.78 is 0. The maximum absolute atomic E-state index is 11.0. The van der Waals surface area contributed by atoms with E-state index in [1.807, 2.05) is 0 Å². The molecule has 0 rings (SSSR count). The second kappa shape index (κ2) is 6.46. The summed E-state index contributed by atoms with van der Waals surface area (Å²) in [5.41, 5.74) is -1.25. The molecule has 0 fully saturated rings. The van der Waals surface area contributed by atoms with Gasteiger partial charge in [-0.05, 0) is 19.3 Å². The largest absolute Gasteiger partial charge is 0.381 e. The van der Waals surface area contributed by atoms with Crippen LogP contribution >= 0.6 is 12.6 Å². The molecule has 84 valence electrons. The Labute approximate surface area is 92.5 Å². The highest BCUT2D eigenvalue weighted by Crippen LogP contribution is 2.25. The van der Waals surface area contributed by atoms with Crippen molar-refractivity contribution in [1.29, 1.82) is 0 Å². The standard InChI is InChI=1S/C11H22O2S/c1-4-6-7-9(5-2)8-11(3,13)10(12)14/h9,13H,4-8H2,1-3H3,(H,12,14). The summed E-state index contributed by atoms with van der Waals surface area (Å²) >= 11 is 3.69. The average Bonchev–Trinajstić information content (AvgIpc) is 2.11. The molecule has 0 aromatic carbocycles. The molecule has 0 amide bonds. The Morgan fingerprint density at radius 3 is 2.43 bits per heavy atom. The van der Waals surface area contributed by atoms with Gasteiger partial charge in [0.15, 0.2) is 0 Å². The summed E-state index contributed by atoms with van der Waals surface area (Å²) in [4.78, 5) is 11.0. The molecule has 3 heteroatoms. The van der Waals surface area contributed by atoms with Gasteiger partial charge in [-0.3, -0.25) is 4.79 Å². The number of hydrogen-bond acceptors (Lipinski definition) is 2. The van der Waals surface area contributed by atoms with Crippen LogP contribution in [0.1, 0.15) is 52.9 Å². The van der Waals surface area contributed by atoms with Gasteiger partial charge >= 0.3 is 0 Å². The minimum Gasteiger partial charge on any atom is -0.381 e. The van der Waals surface area contributed by atoms with Crippen LogP contribution < -0.4 is 0 Å². The third-order valence-electron chi connectivity index (χ3n) is 2.69. The number of hydrogen-bond donors (Lipinski definition) is 2. The van der Waals surface area contributed by atoms with E-state index in [9.17, 15) is 9.90 Å². The Kier molecular flexibility index (Phi) is 6.45. The summed E-state index contributed by atoms with van der Waals surface area (Å²) in [6.45, 7) is 5.80. The van der Waals surface area contributed by atoms with Gasteiger partial charge in [0.2, 0.25) is 5.12 Å². The van der Waals surface area contributed by atoms with Crippen LogP contribution in [0, 0.1) is 5.92 Å². The zero-order valence-electron chi connectivity index (χ0n) is 9.42. The molecule has 0 saturated carbocycles. The number of carbonyl (C=O) groups is 1. The smallest absolute Gasteiger partial charge is 0.217 e. The Morgan fingerprint density at radius 2 is 2.07 bits per heavy atom. The Bertz CT molecular complexity index is 178. The number of rotatable bonds is 7. The minimum atomic E-state index is -1.25. The summed E-state index contributed by atoms with van der Waals surface area (Å²) in [7, 11) is 0. The molecule has 1 N–H and O–H groups in total. The van der Waals surface area contributed by atoms with Gasteiger partial charge in [0.05, 0.1) is 0 Å². The Balaban J connectivity index is 4.09. The van der Waals surface area contributed by atoms with E-state index in [0.717, 1.165) is 25.7 Å². The SMILES string of the molecule is CCCCC(CC)CC(C)(O)C(=O)S. The number of carbonyl (C=O) groups excluding carboxylic acids is 1. The molecule has 0 aromatic rings. The fourth-order valence-electron chi connectivity index (χ4n) is 1.59. The molecule has 2 nitrogen and oxygen atoms in total. The van der Waals surface area contributed by atoms with E-state index in [4.69, 9.17) is 0 Å². The summed E-state index contributed by atoms with van der Waals surface area (Å²) in [6, 6.07) is 0. The fourth-order valence-corrected chi connectivity index (χ4v) is 1.68. The van der Waals surface area contributed by atoms with Crippen LogP contribution in [-0.2, 0) is 4.79 Å². The molecule has 0 aromatic heterocycles. The van der Waals surface area contributed by atoms with Crippen molar-refractivity contribution in [3.63, 3.8) is 0 Å². The molecule has 0 radical (unpaired) electrons. The van der Waals surface area contributed by atoms with Gasteiger partial charge in [0, 0.05) is 0 Å². The van der Waals surface area contributed by atoms with Crippen LogP contribution in [0.3, 0.4) is 0 Å². The van der Waals surface area contributed by atoms with Gasteiger partial charge in [-0.2, -0.15) is 0 Å². The maximum Gasteiger partial charge on any atom is 0.217 e. The molecule has 0 aliphatic heterocycles. The fraction of sp³-hybridized carbons (Fsp3) is 0.909. The van der Waals surface area contributed by atoms with Gasteiger partial charge in [-0.15, -0.1) is 12.6 Å². The lowest BCUT2D eigenvalue weighted by molar-refractivity contribution is -0.127. The van der Waals surface area contributed by atoms with Crippen LogP contribution in [0.2, 0.25) is 0 Å². The van der Waals surface area contributed by atoms with Crippen LogP contribution in [-0.4, -0.2) is 15.8 Å². The van der Waals surface area contributed by atoms with Crippen molar-refractivity contribution in [2.75, 3.05) is 0 Å². The predicted octanol–water partition coefficient (Wildman–Crippen LogP) is 2.80. The zero-order chi connectivity index (χ0) is 11.2. The topological polar surface area (TPSA) is 37.3 Å². The molecule has 0 saturated heterocycles. The van der Waals surface area contributed by atoms with E-state index in [-0.39, 0.29) is 0 Å². The van der Waals surface area contributed by atoms with Crippen molar-refractivity contribution in [2.45, 2.75) is 58.5 Å². The molecular formula is C11H22O2S. The van der Waals surface area contributed by atoms with E-state index >= 15 is 0 Å². The summed E-state index contributed by atoms with van der Waals surface area (Å²) in [5.74, 6) is 0.432. The molecule has 2 unspecified atom stereocenters. The van der Waals surface area contributed by atoms with E-state index < -0.39 is 10.7 Å². The third kappa shape index (κ3) is 5.01. The number of thiol groups is 1. The monoisotopic (exact) mass is 218 g/mol. The second-order valence-electron chi connectivity index (χ2n) is 4.20. The first kappa shape index (κ1) is 14.0. The van der Waals surface area contributed by atoms with Crippen LogP contribution in [0.5, 0.6) is 0 Å². The van der Waals surface area contributed by atoms with E-state index in [1.165, 1.54) is 0 Å². The lowest BCUT2D eigenvalue weighted by atomic mass is 9.87. The number of aliphatic hydroxyl groups is 1. The van der Waals surface area contributed by atoms with Crippen molar-refractivity contribution in [3.05, 3.63) is 0 Å². The third-order valence-corrected chi connectivity index (χ3v) is 3.17. The quantitative estimate of drug-likeness (QED) is 0.645. The van der Waals surface area contributed by atoms with E-state index in [1.54, 1.807) is 6.92 Å². The van der Waals surface area contributed by atoms with E-state index in [2.05, 4.69) is 26.5 Å².